The molecule has 0 saturated carbocycles. The predicted molar refractivity (Wildman–Crippen MR) is 91.9 cm³/mol. The van der Waals surface area contributed by atoms with E-state index in [1.54, 1.807) is 0 Å². The van der Waals surface area contributed by atoms with E-state index in [1.807, 2.05) is 0 Å². The normalized spacial score (nSPS) is 20.1. The van der Waals surface area contributed by atoms with Crippen LogP contribution in [-0.2, 0) is 10.1 Å². The van der Waals surface area contributed by atoms with Crippen LogP contribution in [0.1, 0.15) is 23.6 Å². The summed E-state index contributed by atoms with van der Waals surface area (Å²) in [7, 11) is -5.78. The Labute approximate surface area is 161 Å². The highest BCUT2D eigenvalue weighted by molar-refractivity contribution is 7.88. The maximum Gasteiger partial charge on any atom is 0.534 e. The zero-order chi connectivity index (χ0) is 20.7. The van der Waals surface area contributed by atoms with Gasteiger partial charge in [-0.05, 0) is 36.2 Å². The Morgan fingerprint density at radius 2 is 1.61 bits per heavy atom. The monoisotopic (exact) mass is 439 g/mol. The van der Waals surface area contributed by atoms with Crippen molar-refractivity contribution in [3.05, 3.63) is 65.2 Å². The second kappa shape index (κ2) is 7.32. The summed E-state index contributed by atoms with van der Waals surface area (Å²) in [4.78, 5) is 4.24. The zero-order valence-electron chi connectivity index (χ0n) is 13.8. The molecule has 11 heteroatoms. The maximum atomic E-state index is 14.0. The Hall–Kier alpha value is -2.20. The first-order valence-electron chi connectivity index (χ1n) is 7.76. The molecule has 0 fully saturated rings. The number of aliphatic imine (C=N–C) groups is 1. The van der Waals surface area contributed by atoms with Gasteiger partial charge in [0, 0.05) is 0 Å². The average Bonchev–Trinajstić information content (AvgIpc) is 2.96. The van der Waals surface area contributed by atoms with Crippen LogP contribution in [0.25, 0.3) is 0 Å². The van der Waals surface area contributed by atoms with E-state index in [0.717, 1.165) is 24.3 Å². The molecule has 1 unspecified atom stereocenters. The highest BCUT2D eigenvalue weighted by Gasteiger charge is 2.48. The van der Waals surface area contributed by atoms with E-state index in [1.165, 1.54) is 18.2 Å². The van der Waals surface area contributed by atoms with E-state index >= 15 is 0 Å². The van der Waals surface area contributed by atoms with Gasteiger partial charge in [-0.25, -0.2) is 8.78 Å². The number of benzene rings is 2. The van der Waals surface area contributed by atoms with Crippen LogP contribution in [0.15, 0.2) is 47.5 Å². The second-order valence-corrected chi connectivity index (χ2v) is 7.95. The molecule has 2 aromatic carbocycles. The molecule has 1 aliphatic rings. The Balaban J connectivity index is 1.85. The topological polar surface area (TPSA) is 55.7 Å². The average molecular weight is 440 g/mol. The molecule has 0 amide bonds. The molecular formula is C17H11ClF5NO3S. The fourth-order valence-corrected chi connectivity index (χ4v) is 3.50. The van der Waals surface area contributed by atoms with Crippen molar-refractivity contribution >= 4 is 27.4 Å². The fraction of sp³-hybridized carbons (Fsp3) is 0.235. The minimum absolute atomic E-state index is 0.0299. The molecular weight excluding hydrogens is 429 g/mol. The summed E-state index contributed by atoms with van der Waals surface area (Å²) < 4.78 is 91.0. The van der Waals surface area contributed by atoms with Gasteiger partial charge in [-0.15, -0.1) is 11.6 Å². The Kier molecular flexibility index (Phi) is 5.37. The number of hydrogen-bond acceptors (Lipinski definition) is 4. The highest BCUT2D eigenvalue weighted by atomic mass is 35.5. The number of nitrogens with zero attached hydrogens (tertiary/aromatic N) is 1. The van der Waals surface area contributed by atoms with Crippen molar-refractivity contribution in [2.45, 2.75) is 23.3 Å². The van der Waals surface area contributed by atoms with Crippen molar-refractivity contribution in [2.24, 2.45) is 4.99 Å². The molecule has 4 nitrogen and oxygen atoms in total. The molecule has 0 N–H and O–H groups in total. The maximum absolute atomic E-state index is 14.0. The molecule has 2 aromatic rings. The third kappa shape index (κ3) is 3.97. The first-order valence-corrected chi connectivity index (χ1v) is 9.61. The van der Waals surface area contributed by atoms with Crippen molar-refractivity contribution in [3.63, 3.8) is 0 Å². The minimum atomic E-state index is -5.78. The van der Waals surface area contributed by atoms with Crippen LogP contribution in [0.3, 0.4) is 0 Å². The predicted octanol–water partition coefficient (Wildman–Crippen LogP) is 4.73. The second-order valence-electron chi connectivity index (χ2n) is 5.88. The first kappa shape index (κ1) is 20.5. The summed E-state index contributed by atoms with van der Waals surface area (Å²) in [5, 5.41) is -0.780. The summed E-state index contributed by atoms with van der Waals surface area (Å²) >= 11 is 6.18. The van der Waals surface area contributed by atoms with Crippen LogP contribution in [0.5, 0.6) is 5.75 Å². The lowest BCUT2D eigenvalue weighted by Gasteiger charge is -2.11. The van der Waals surface area contributed by atoms with E-state index < -0.39 is 44.4 Å². The molecule has 0 bridgehead atoms. The number of rotatable bonds is 4. The molecule has 0 aliphatic carbocycles. The van der Waals surface area contributed by atoms with Gasteiger partial charge in [-0.2, -0.15) is 21.6 Å². The van der Waals surface area contributed by atoms with Gasteiger partial charge in [0.05, 0.1) is 22.7 Å². The van der Waals surface area contributed by atoms with Gasteiger partial charge in [0.15, 0.2) is 0 Å². The van der Waals surface area contributed by atoms with Crippen LogP contribution in [-0.4, -0.2) is 25.0 Å². The van der Waals surface area contributed by atoms with E-state index in [0.29, 0.717) is 5.56 Å². The van der Waals surface area contributed by atoms with Crippen LogP contribution >= 0.6 is 11.6 Å². The van der Waals surface area contributed by atoms with Gasteiger partial charge in [0.2, 0.25) is 0 Å². The van der Waals surface area contributed by atoms with Gasteiger partial charge in [0.25, 0.3) is 0 Å². The molecule has 150 valence electrons. The van der Waals surface area contributed by atoms with E-state index in [-0.39, 0.29) is 17.7 Å². The molecule has 28 heavy (non-hydrogen) atoms. The molecule has 0 spiro atoms. The van der Waals surface area contributed by atoms with Crippen molar-refractivity contribution in [3.8, 4) is 5.75 Å². The van der Waals surface area contributed by atoms with Crippen molar-refractivity contribution in [1.29, 1.82) is 0 Å². The largest absolute Gasteiger partial charge is 0.534 e. The van der Waals surface area contributed by atoms with E-state index in [4.69, 9.17) is 11.6 Å². The van der Waals surface area contributed by atoms with Gasteiger partial charge >= 0.3 is 15.6 Å². The lowest BCUT2D eigenvalue weighted by molar-refractivity contribution is -0.0500. The first-order chi connectivity index (χ1) is 13.0. The summed E-state index contributed by atoms with van der Waals surface area (Å²) in [5.74, 6) is -2.16. The van der Waals surface area contributed by atoms with Crippen LogP contribution in [0.4, 0.5) is 22.0 Å². The quantitative estimate of drug-likeness (QED) is 0.299. The summed E-state index contributed by atoms with van der Waals surface area (Å²) in [6.07, 6.45) is 0.200. The fourth-order valence-electron chi connectivity index (χ4n) is 2.70. The van der Waals surface area contributed by atoms with E-state index in [2.05, 4.69) is 9.18 Å². The van der Waals surface area contributed by atoms with Crippen molar-refractivity contribution in [1.82, 2.24) is 0 Å². The van der Waals surface area contributed by atoms with Crippen LogP contribution in [0, 0.1) is 11.6 Å². The molecule has 0 aromatic heterocycles. The number of hydrogen-bond donors (Lipinski definition) is 0. The molecule has 1 aliphatic heterocycles. The Morgan fingerprint density at radius 3 is 2.14 bits per heavy atom. The summed E-state index contributed by atoms with van der Waals surface area (Å²) in [6.45, 7) is 0. The molecule has 0 radical (unpaired) electrons. The Morgan fingerprint density at radius 1 is 1.04 bits per heavy atom. The van der Waals surface area contributed by atoms with Crippen LogP contribution in [0.2, 0.25) is 0 Å². The van der Waals surface area contributed by atoms with Gasteiger partial charge in [0.1, 0.15) is 17.4 Å². The highest BCUT2D eigenvalue weighted by Crippen LogP contribution is 2.36. The molecule has 3 rings (SSSR count). The van der Waals surface area contributed by atoms with Gasteiger partial charge in [-0.3, -0.25) is 4.99 Å². The molecule has 1 heterocycles. The number of alkyl halides is 4. The lowest BCUT2D eigenvalue weighted by atomic mass is 10.0. The van der Waals surface area contributed by atoms with Crippen LogP contribution < -0.4 is 4.18 Å². The smallest absolute Gasteiger partial charge is 0.376 e. The van der Waals surface area contributed by atoms with Gasteiger partial charge < -0.3 is 4.18 Å². The van der Waals surface area contributed by atoms with Gasteiger partial charge in [-0.1, -0.05) is 18.2 Å². The summed E-state index contributed by atoms with van der Waals surface area (Å²) in [6, 6.07) is 7.41. The minimum Gasteiger partial charge on any atom is -0.376 e. The standard InChI is InChI=1S/C17H11ClF5NO3S/c18-11-8-14(24-16(11)15-12(19)2-1-3-13(15)20)9-4-6-10(7-5-9)27-28(25,26)17(21,22)23/h1-7,11,14H,8H2/t11?,14-/m1/s1. The third-order valence-electron chi connectivity index (χ3n) is 4.00. The van der Waals surface area contributed by atoms with Crippen molar-refractivity contribution in [2.75, 3.05) is 0 Å². The van der Waals surface area contributed by atoms with E-state index in [9.17, 15) is 30.4 Å². The zero-order valence-corrected chi connectivity index (χ0v) is 15.3. The molecule has 0 saturated heterocycles. The Bertz CT molecular complexity index is 1000. The molecule has 2 atom stereocenters. The summed E-state index contributed by atoms with van der Waals surface area (Å²) in [5.41, 5.74) is -5.39. The SMILES string of the molecule is O=S(=O)(Oc1ccc([C@H]2CC(Cl)C(c3c(F)cccc3F)=N2)cc1)C(F)(F)F. The lowest BCUT2D eigenvalue weighted by Crippen LogP contribution is -2.28. The number of halogens is 6. The third-order valence-corrected chi connectivity index (χ3v) is 5.36. The van der Waals surface area contributed by atoms with Crippen molar-refractivity contribution < 1.29 is 34.6 Å².